The summed E-state index contributed by atoms with van der Waals surface area (Å²) < 4.78 is 0. The molecule has 0 radical (unpaired) electrons. The minimum absolute atomic E-state index is 0.0523. The van der Waals surface area contributed by atoms with Crippen LogP contribution in [0.4, 0.5) is 5.69 Å². The Bertz CT molecular complexity index is 440. The molecule has 98 valence electrons. The van der Waals surface area contributed by atoms with Crippen LogP contribution in [-0.2, 0) is 11.2 Å². The average Bonchev–Trinajstić information content (AvgIpc) is 2.37. The van der Waals surface area contributed by atoms with E-state index < -0.39 is 5.54 Å². The molecule has 1 unspecified atom stereocenters. The number of fused-ring (bicyclic) bond motifs is 1. The highest BCUT2D eigenvalue weighted by molar-refractivity contribution is 6.00. The molecule has 3 nitrogen and oxygen atoms in total. The molecule has 3 heteroatoms. The first-order chi connectivity index (χ1) is 8.56. The van der Waals surface area contributed by atoms with E-state index in [0.29, 0.717) is 0 Å². The first-order valence-electron chi connectivity index (χ1n) is 6.75. The van der Waals surface area contributed by atoms with E-state index in [1.54, 1.807) is 0 Å². The van der Waals surface area contributed by atoms with E-state index in [2.05, 4.69) is 13.0 Å². The van der Waals surface area contributed by atoms with Crippen molar-refractivity contribution in [1.29, 1.82) is 0 Å². The molecule has 1 atom stereocenters. The summed E-state index contributed by atoms with van der Waals surface area (Å²) in [5.41, 5.74) is 7.71. The van der Waals surface area contributed by atoms with Crippen molar-refractivity contribution in [1.82, 2.24) is 0 Å². The van der Waals surface area contributed by atoms with E-state index in [1.807, 2.05) is 30.0 Å². The Kier molecular flexibility index (Phi) is 3.71. The van der Waals surface area contributed by atoms with Gasteiger partial charge in [-0.05, 0) is 37.8 Å². The number of nitrogens with zero attached hydrogens (tertiary/aromatic N) is 1. The van der Waals surface area contributed by atoms with Crippen molar-refractivity contribution in [2.75, 3.05) is 11.4 Å². The number of rotatable bonds is 3. The second-order valence-electron chi connectivity index (χ2n) is 5.36. The summed E-state index contributed by atoms with van der Waals surface area (Å²) >= 11 is 0. The molecule has 1 aromatic carbocycles. The zero-order valence-electron chi connectivity index (χ0n) is 11.3. The van der Waals surface area contributed by atoms with E-state index in [9.17, 15) is 4.79 Å². The molecule has 0 bridgehead atoms. The maximum atomic E-state index is 12.6. The van der Waals surface area contributed by atoms with Crippen molar-refractivity contribution in [3.8, 4) is 0 Å². The number of hydrogen-bond acceptors (Lipinski definition) is 2. The van der Waals surface area contributed by atoms with Gasteiger partial charge in [-0.25, -0.2) is 0 Å². The lowest BCUT2D eigenvalue weighted by Gasteiger charge is -2.35. The fourth-order valence-electron chi connectivity index (χ4n) is 2.68. The molecular weight excluding hydrogens is 224 g/mol. The first kappa shape index (κ1) is 13.1. The second kappa shape index (κ2) is 5.11. The fraction of sp³-hybridized carbons (Fsp3) is 0.533. The van der Waals surface area contributed by atoms with Crippen LogP contribution in [0.2, 0.25) is 0 Å². The van der Waals surface area contributed by atoms with Gasteiger partial charge in [0.2, 0.25) is 5.91 Å². The molecular formula is C15H22N2O. The fourth-order valence-corrected chi connectivity index (χ4v) is 2.68. The van der Waals surface area contributed by atoms with Gasteiger partial charge >= 0.3 is 0 Å². The van der Waals surface area contributed by atoms with Gasteiger partial charge in [0, 0.05) is 12.2 Å². The Morgan fingerprint density at radius 1 is 1.44 bits per heavy atom. The van der Waals surface area contributed by atoms with Gasteiger partial charge in [0.1, 0.15) is 0 Å². The highest BCUT2D eigenvalue weighted by Crippen LogP contribution is 2.29. The van der Waals surface area contributed by atoms with Crippen LogP contribution >= 0.6 is 0 Å². The largest absolute Gasteiger partial charge is 0.318 e. The number of carbonyl (C=O) groups is 1. The topological polar surface area (TPSA) is 46.3 Å². The summed E-state index contributed by atoms with van der Waals surface area (Å²) in [6.07, 6.45) is 3.72. The van der Waals surface area contributed by atoms with E-state index in [0.717, 1.165) is 37.9 Å². The molecule has 0 aromatic heterocycles. The summed E-state index contributed by atoms with van der Waals surface area (Å²) in [7, 11) is 0. The van der Waals surface area contributed by atoms with Crippen molar-refractivity contribution in [2.24, 2.45) is 5.73 Å². The van der Waals surface area contributed by atoms with Crippen LogP contribution in [0, 0.1) is 0 Å². The van der Waals surface area contributed by atoms with Gasteiger partial charge in [-0.3, -0.25) is 4.79 Å². The summed E-state index contributed by atoms with van der Waals surface area (Å²) in [5.74, 6) is 0.0523. The van der Waals surface area contributed by atoms with Crippen LogP contribution in [-0.4, -0.2) is 18.0 Å². The number of benzene rings is 1. The molecule has 1 aromatic rings. The van der Waals surface area contributed by atoms with Crippen LogP contribution in [0.5, 0.6) is 0 Å². The van der Waals surface area contributed by atoms with Crippen LogP contribution in [0.15, 0.2) is 24.3 Å². The molecule has 0 saturated carbocycles. The maximum absolute atomic E-state index is 12.6. The smallest absolute Gasteiger partial charge is 0.246 e. The predicted octanol–water partition coefficient (Wildman–Crippen LogP) is 2.48. The Labute approximate surface area is 109 Å². The standard InChI is InChI=1S/C15H22N2O/c1-3-10-15(2,16)14(18)17-11-6-8-12-7-4-5-9-13(12)17/h4-5,7,9H,3,6,8,10-11,16H2,1-2H3. The molecule has 2 rings (SSSR count). The van der Waals surface area contributed by atoms with Gasteiger partial charge in [0.15, 0.2) is 0 Å². The van der Waals surface area contributed by atoms with Crippen molar-refractivity contribution in [2.45, 2.75) is 45.1 Å². The molecule has 1 aliphatic rings. The highest BCUT2D eigenvalue weighted by atomic mass is 16.2. The number of anilines is 1. The lowest BCUT2D eigenvalue weighted by atomic mass is 9.93. The third kappa shape index (κ3) is 2.41. The van der Waals surface area contributed by atoms with Gasteiger partial charge < -0.3 is 10.6 Å². The number of aryl methyl sites for hydroxylation is 1. The summed E-state index contributed by atoms with van der Waals surface area (Å²) in [6.45, 7) is 4.69. The van der Waals surface area contributed by atoms with Crippen LogP contribution in [0.1, 0.15) is 38.7 Å². The average molecular weight is 246 g/mol. The van der Waals surface area contributed by atoms with Gasteiger partial charge in [-0.15, -0.1) is 0 Å². The Morgan fingerprint density at radius 3 is 2.89 bits per heavy atom. The van der Waals surface area contributed by atoms with Gasteiger partial charge in [-0.2, -0.15) is 0 Å². The second-order valence-corrected chi connectivity index (χ2v) is 5.36. The zero-order valence-corrected chi connectivity index (χ0v) is 11.3. The summed E-state index contributed by atoms with van der Waals surface area (Å²) in [5, 5.41) is 0. The minimum Gasteiger partial charge on any atom is -0.318 e. The van der Waals surface area contributed by atoms with Crippen LogP contribution < -0.4 is 10.6 Å². The van der Waals surface area contributed by atoms with E-state index in [4.69, 9.17) is 5.73 Å². The molecule has 0 spiro atoms. The van der Waals surface area contributed by atoms with Gasteiger partial charge in [-0.1, -0.05) is 31.5 Å². The number of carbonyl (C=O) groups excluding carboxylic acids is 1. The van der Waals surface area contributed by atoms with Crippen molar-refractivity contribution >= 4 is 11.6 Å². The van der Waals surface area contributed by atoms with Crippen molar-refractivity contribution in [3.63, 3.8) is 0 Å². The molecule has 0 aliphatic carbocycles. The number of para-hydroxylation sites is 1. The maximum Gasteiger partial charge on any atom is 0.246 e. The number of amides is 1. The van der Waals surface area contributed by atoms with Crippen molar-refractivity contribution < 1.29 is 4.79 Å². The third-order valence-electron chi connectivity index (χ3n) is 3.61. The lowest BCUT2D eigenvalue weighted by molar-refractivity contribution is -0.123. The zero-order chi connectivity index (χ0) is 13.2. The van der Waals surface area contributed by atoms with Crippen molar-refractivity contribution in [3.05, 3.63) is 29.8 Å². The number of hydrogen-bond donors (Lipinski definition) is 1. The van der Waals surface area contributed by atoms with Crippen LogP contribution in [0.3, 0.4) is 0 Å². The Balaban J connectivity index is 2.28. The van der Waals surface area contributed by atoms with Gasteiger partial charge in [0.25, 0.3) is 0 Å². The number of nitrogens with two attached hydrogens (primary N) is 1. The quantitative estimate of drug-likeness (QED) is 0.890. The lowest BCUT2D eigenvalue weighted by Crippen LogP contribution is -2.54. The predicted molar refractivity (Wildman–Crippen MR) is 74.6 cm³/mol. The summed E-state index contributed by atoms with van der Waals surface area (Å²) in [4.78, 5) is 14.4. The van der Waals surface area contributed by atoms with Gasteiger partial charge in [0.05, 0.1) is 5.54 Å². The first-order valence-corrected chi connectivity index (χ1v) is 6.75. The molecule has 1 aliphatic heterocycles. The van der Waals surface area contributed by atoms with E-state index in [-0.39, 0.29) is 5.91 Å². The Hall–Kier alpha value is -1.35. The molecule has 18 heavy (non-hydrogen) atoms. The Morgan fingerprint density at radius 2 is 2.17 bits per heavy atom. The normalized spacial score (nSPS) is 18.1. The molecule has 2 N–H and O–H groups in total. The van der Waals surface area contributed by atoms with E-state index >= 15 is 0 Å². The monoisotopic (exact) mass is 246 g/mol. The van der Waals surface area contributed by atoms with E-state index in [1.165, 1.54) is 5.56 Å². The SMILES string of the molecule is CCCC(C)(N)C(=O)N1CCCc2ccccc21. The molecule has 1 heterocycles. The molecule has 0 saturated heterocycles. The highest BCUT2D eigenvalue weighted by Gasteiger charge is 2.34. The molecule has 1 amide bonds. The molecule has 0 fully saturated rings. The summed E-state index contributed by atoms with van der Waals surface area (Å²) in [6, 6.07) is 8.13. The van der Waals surface area contributed by atoms with Crippen LogP contribution in [0.25, 0.3) is 0 Å². The minimum atomic E-state index is -0.751. The third-order valence-corrected chi connectivity index (χ3v) is 3.61.